The summed E-state index contributed by atoms with van der Waals surface area (Å²) >= 11 is 0. The molecule has 1 aromatic carbocycles. The molecule has 0 unspecified atom stereocenters. The maximum atomic E-state index is 12.3. The highest BCUT2D eigenvalue weighted by atomic mass is 16.1. The number of hydrogen-bond acceptors (Lipinski definition) is 2. The lowest BCUT2D eigenvalue weighted by Crippen LogP contribution is -2.02. The van der Waals surface area contributed by atoms with E-state index in [4.69, 9.17) is 0 Å². The lowest BCUT2D eigenvalue weighted by Gasteiger charge is -2.04. The van der Waals surface area contributed by atoms with Crippen molar-refractivity contribution in [3.05, 3.63) is 65.0 Å². The summed E-state index contributed by atoms with van der Waals surface area (Å²) in [5, 5.41) is 0. The first kappa shape index (κ1) is 14.4. The maximum absolute atomic E-state index is 12.3. The molecule has 2 rings (SSSR count). The number of nitrogens with zero attached hydrogens (tertiary/aromatic N) is 1. The van der Waals surface area contributed by atoms with Crippen LogP contribution < -0.4 is 0 Å². The van der Waals surface area contributed by atoms with Crippen LogP contribution in [0.3, 0.4) is 0 Å². The van der Waals surface area contributed by atoms with Crippen LogP contribution in [0.5, 0.6) is 0 Å². The third-order valence-electron chi connectivity index (χ3n) is 3.44. The van der Waals surface area contributed by atoms with Gasteiger partial charge in [-0.25, -0.2) is 0 Å². The van der Waals surface area contributed by atoms with Crippen molar-refractivity contribution < 1.29 is 4.79 Å². The second kappa shape index (κ2) is 6.99. The fourth-order valence-electron chi connectivity index (χ4n) is 2.26. The predicted octanol–water partition coefficient (Wildman–Crippen LogP) is 4.35. The van der Waals surface area contributed by atoms with Crippen LogP contribution in [-0.2, 0) is 6.42 Å². The van der Waals surface area contributed by atoms with Gasteiger partial charge in [0.25, 0.3) is 0 Å². The van der Waals surface area contributed by atoms with Gasteiger partial charge in [-0.2, -0.15) is 0 Å². The second-order valence-corrected chi connectivity index (χ2v) is 5.17. The molecule has 0 radical (unpaired) electrons. The van der Waals surface area contributed by atoms with Crippen LogP contribution in [0.1, 0.15) is 53.4 Å². The fourth-order valence-corrected chi connectivity index (χ4v) is 2.26. The van der Waals surface area contributed by atoms with Gasteiger partial charge in [0.2, 0.25) is 0 Å². The molecular formula is C18H21NO. The molecule has 20 heavy (non-hydrogen) atoms. The largest absolute Gasteiger partial charge is 0.289 e. The van der Waals surface area contributed by atoms with Crippen molar-refractivity contribution in [1.29, 1.82) is 0 Å². The Morgan fingerprint density at radius 1 is 1.05 bits per heavy atom. The standard InChI is InChI=1S/C18H21NO/c1-3-4-5-6-15-7-9-16(10-8-15)18(20)17-11-12-19-14(2)13-17/h7-13H,3-6H2,1-2H3. The monoisotopic (exact) mass is 267 g/mol. The van der Waals surface area contributed by atoms with Crippen LogP contribution in [0.15, 0.2) is 42.6 Å². The molecule has 2 heteroatoms. The van der Waals surface area contributed by atoms with Crippen molar-refractivity contribution in [2.45, 2.75) is 39.5 Å². The number of rotatable bonds is 6. The average Bonchev–Trinajstić information content (AvgIpc) is 2.47. The van der Waals surface area contributed by atoms with Gasteiger partial charge >= 0.3 is 0 Å². The Morgan fingerprint density at radius 2 is 1.80 bits per heavy atom. The third kappa shape index (κ3) is 3.77. The van der Waals surface area contributed by atoms with Crippen LogP contribution >= 0.6 is 0 Å². The summed E-state index contributed by atoms with van der Waals surface area (Å²) in [5.41, 5.74) is 3.62. The summed E-state index contributed by atoms with van der Waals surface area (Å²) in [4.78, 5) is 16.5. The summed E-state index contributed by atoms with van der Waals surface area (Å²) in [6.45, 7) is 4.10. The summed E-state index contributed by atoms with van der Waals surface area (Å²) in [6.07, 6.45) is 6.49. The van der Waals surface area contributed by atoms with E-state index in [0.29, 0.717) is 5.56 Å². The van der Waals surface area contributed by atoms with E-state index < -0.39 is 0 Å². The number of benzene rings is 1. The van der Waals surface area contributed by atoms with Crippen LogP contribution in [0.2, 0.25) is 0 Å². The molecule has 2 nitrogen and oxygen atoms in total. The summed E-state index contributed by atoms with van der Waals surface area (Å²) in [6, 6.07) is 11.6. The van der Waals surface area contributed by atoms with E-state index in [-0.39, 0.29) is 5.78 Å². The number of carbonyl (C=O) groups is 1. The zero-order valence-electron chi connectivity index (χ0n) is 12.2. The minimum absolute atomic E-state index is 0.0654. The maximum Gasteiger partial charge on any atom is 0.193 e. The Bertz CT molecular complexity index is 572. The molecule has 0 fully saturated rings. The first-order valence-electron chi connectivity index (χ1n) is 7.27. The number of aryl methyl sites for hydroxylation is 2. The van der Waals surface area contributed by atoms with Crippen LogP contribution in [0.25, 0.3) is 0 Å². The van der Waals surface area contributed by atoms with Crippen molar-refractivity contribution in [3.63, 3.8) is 0 Å². The number of pyridine rings is 1. The van der Waals surface area contributed by atoms with Crippen molar-refractivity contribution >= 4 is 5.78 Å². The molecule has 0 spiro atoms. The number of unbranched alkanes of at least 4 members (excludes halogenated alkanes) is 2. The summed E-state index contributed by atoms with van der Waals surface area (Å²) in [5.74, 6) is 0.0654. The van der Waals surface area contributed by atoms with Crippen molar-refractivity contribution in [2.75, 3.05) is 0 Å². The van der Waals surface area contributed by atoms with Crippen molar-refractivity contribution in [3.8, 4) is 0 Å². The molecule has 0 saturated carbocycles. The lowest BCUT2D eigenvalue weighted by atomic mass is 10.0. The Morgan fingerprint density at radius 3 is 2.45 bits per heavy atom. The number of aromatic nitrogens is 1. The van der Waals surface area contributed by atoms with Gasteiger partial charge in [-0.1, -0.05) is 44.0 Å². The highest BCUT2D eigenvalue weighted by Crippen LogP contribution is 2.13. The van der Waals surface area contributed by atoms with E-state index in [1.807, 2.05) is 25.1 Å². The smallest absolute Gasteiger partial charge is 0.193 e. The number of hydrogen-bond donors (Lipinski definition) is 0. The quantitative estimate of drug-likeness (QED) is 0.575. The van der Waals surface area contributed by atoms with E-state index >= 15 is 0 Å². The SMILES string of the molecule is CCCCCc1ccc(C(=O)c2ccnc(C)c2)cc1. The van der Waals surface area contributed by atoms with Gasteiger partial charge in [-0.05, 0) is 37.5 Å². The Balaban J connectivity index is 2.07. The molecule has 0 amide bonds. The average molecular weight is 267 g/mol. The first-order valence-corrected chi connectivity index (χ1v) is 7.27. The summed E-state index contributed by atoms with van der Waals surface area (Å²) < 4.78 is 0. The molecule has 104 valence electrons. The van der Waals surface area contributed by atoms with Gasteiger partial charge in [-0.3, -0.25) is 9.78 Å². The first-order chi connectivity index (χ1) is 9.70. The predicted molar refractivity (Wildman–Crippen MR) is 82.1 cm³/mol. The third-order valence-corrected chi connectivity index (χ3v) is 3.44. The molecule has 0 saturated heterocycles. The lowest BCUT2D eigenvalue weighted by molar-refractivity contribution is 0.103. The van der Waals surface area contributed by atoms with Crippen LogP contribution in [0, 0.1) is 6.92 Å². The van der Waals surface area contributed by atoms with Gasteiger partial charge in [0.05, 0.1) is 0 Å². The molecule has 2 aromatic rings. The van der Waals surface area contributed by atoms with E-state index in [2.05, 4.69) is 24.0 Å². The minimum atomic E-state index is 0.0654. The molecule has 0 bridgehead atoms. The zero-order valence-corrected chi connectivity index (χ0v) is 12.2. The fraction of sp³-hybridized carbons (Fsp3) is 0.333. The molecule has 1 aromatic heterocycles. The zero-order chi connectivity index (χ0) is 14.4. The topological polar surface area (TPSA) is 30.0 Å². The van der Waals surface area contributed by atoms with Crippen LogP contribution in [-0.4, -0.2) is 10.8 Å². The molecule has 1 heterocycles. The molecule has 0 N–H and O–H groups in total. The van der Waals surface area contributed by atoms with E-state index in [1.54, 1.807) is 12.3 Å². The van der Waals surface area contributed by atoms with Crippen molar-refractivity contribution in [1.82, 2.24) is 4.98 Å². The van der Waals surface area contributed by atoms with Gasteiger partial charge in [-0.15, -0.1) is 0 Å². The Labute approximate surface area is 120 Å². The highest BCUT2D eigenvalue weighted by molar-refractivity contribution is 6.08. The molecule has 0 aliphatic carbocycles. The Kier molecular flexibility index (Phi) is 5.05. The number of carbonyl (C=O) groups excluding carboxylic acids is 1. The number of ketones is 1. The van der Waals surface area contributed by atoms with Gasteiger partial charge < -0.3 is 0 Å². The second-order valence-electron chi connectivity index (χ2n) is 5.17. The van der Waals surface area contributed by atoms with E-state index in [0.717, 1.165) is 17.7 Å². The van der Waals surface area contributed by atoms with E-state index in [9.17, 15) is 4.79 Å². The Hall–Kier alpha value is -1.96. The molecule has 0 aliphatic rings. The van der Waals surface area contributed by atoms with Crippen LogP contribution in [0.4, 0.5) is 0 Å². The summed E-state index contributed by atoms with van der Waals surface area (Å²) in [7, 11) is 0. The van der Waals surface area contributed by atoms with Crippen molar-refractivity contribution in [2.24, 2.45) is 0 Å². The normalized spacial score (nSPS) is 10.5. The van der Waals surface area contributed by atoms with Gasteiger partial charge in [0.1, 0.15) is 0 Å². The molecule has 0 atom stereocenters. The van der Waals surface area contributed by atoms with E-state index in [1.165, 1.54) is 24.8 Å². The highest BCUT2D eigenvalue weighted by Gasteiger charge is 2.09. The minimum Gasteiger partial charge on any atom is -0.289 e. The van der Waals surface area contributed by atoms with Gasteiger partial charge in [0, 0.05) is 23.0 Å². The molecule has 0 aliphatic heterocycles. The van der Waals surface area contributed by atoms with Gasteiger partial charge in [0.15, 0.2) is 5.78 Å². The molecular weight excluding hydrogens is 246 g/mol.